The lowest BCUT2D eigenvalue weighted by atomic mass is 10.3. The van der Waals surface area contributed by atoms with Gasteiger partial charge in [-0.3, -0.25) is 0 Å². The highest BCUT2D eigenvalue weighted by atomic mass is 19.1. The zero-order valence-electron chi connectivity index (χ0n) is 4.19. The maximum absolute atomic E-state index is 11.6. The van der Waals surface area contributed by atoms with Crippen LogP contribution in [-0.2, 0) is 4.74 Å². The summed E-state index contributed by atoms with van der Waals surface area (Å²) in [4.78, 5) is 0. The average molecular weight is 104 g/mol. The topological polar surface area (TPSA) is 9.23 Å². The van der Waals surface area contributed by atoms with Crippen molar-refractivity contribution in [3.05, 3.63) is 0 Å². The number of rotatable bonds is 1. The molecule has 0 radical (unpaired) electrons. The SMILES string of the molecule is FCC1CCCO1. The van der Waals surface area contributed by atoms with Gasteiger partial charge in [0.2, 0.25) is 0 Å². The van der Waals surface area contributed by atoms with Gasteiger partial charge < -0.3 is 4.74 Å². The molecule has 1 heterocycles. The first-order valence-electron chi connectivity index (χ1n) is 2.61. The Bertz CT molecular complexity index is 50.0. The van der Waals surface area contributed by atoms with Gasteiger partial charge in [0.05, 0.1) is 6.10 Å². The van der Waals surface area contributed by atoms with E-state index >= 15 is 0 Å². The molecule has 2 heteroatoms. The van der Waals surface area contributed by atoms with Gasteiger partial charge in [0.25, 0.3) is 0 Å². The van der Waals surface area contributed by atoms with Crippen molar-refractivity contribution in [2.75, 3.05) is 13.3 Å². The summed E-state index contributed by atoms with van der Waals surface area (Å²) < 4.78 is 16.5. The van der Waals surface area contributed by atoms with E-state index in [-0.39, 0.29) is 12.8 Å². The Morgan fingerprint density at radius 2 is 2.57 bits per heavy atom. The predicted molar refractivity (Wildman–Crippen MR) is 24.9 cm³/mol. The van der Waals surface area contributed by atoms with Crippen molar-refractivity contribution in [2.45, 2.75) is 18.9 Å². The zero-order valence-corrected chi connectivity index (χ0v) is 4.19. The monoisotopic (exact) mass is 104 g/mol. The molecule has 0 aromatic carbocycles. The molecule has 1 rings (SSSR count). The molecular formula is C5H9FO. The molecule has 0 amide bonds. The first-order chi connectivity index (χ1) is 3.43. The van der Waals surface area contributed by atoms with E-state index in [0.717, 1.165) is 19.4 Å². The molecule has 0 bridgehead atoms. The normalized spacial score (nSPS) is 31.3. The first-order valence-corrected chi connectivity index (χ1v) is 2.61. The Hall–Kier alpha value is -0.110. The summed E-state index contributed by atoms with van der Waals surface area (Å²) in [6.07, 6.45) is 1.88. The Labute approximate surface area is 42.5 Å². The van der Waals surface area contributed by atoms with Crippen molar-refractivity contribution in [1.29, 1.82) is 0 Å². The van der Waals surface area contributed by atoms with Crippen LogP contribution >= 0.6 is 0 Å². The minimum absolute atomic E-state index is 0.0694. The second-order valence-corrected chi connectivity index (χ2v) is 1.79. The Balaban J connectivity index is 2.14. The van der Waals surface area contributed by atoms with Crippen molar-refractivity contribution >= 4 is 0 Å². The molecule has 1 aliphatic heterocycles. The lowest BCUT2D eigenvalue weighted by Gasteiger charge is -1.98. The molecule has 1 saturated heterocycles. The highest BCUT2D eigenvalue weighted by Crippen LogP contribution is 2.11. The van der Waals surface area contributed by atoms with Crippen LogP contribution in [0.2, 0.25) is 0 Å². The maximum Gasteiger partial charge on any atom is 0.116 e. The van der Waals surface area contributed by atoms with E-state index in [1.807, 2.05) is 0 Å². The number of hydrogen-bond acceptors (Lipinski definition) is 1. The van der Waals surface area contributed by atoms with Gasteiger partial charge in [-0.2, -0.15) is 0 Å². The minimum atomic E-state index is -0.306. The van der Waals surface area contributed by atoms with Crippen molar-refractivity contribution in [3.63, 3.8) is 0 Å². The van der Waals surface area contributed by atoms with Gasteiger partial charge in [-0.1, -0.05) is 0 Å². The zero-order chi connectivity index (χ0) is 5.11. The van der Waals surface area contributed by atoms with Crippen molar-refractivity contribution in [2.24, 2.45) is 0 Å². The fraction of sp³-hybridized carbons (Fsp3) is 1.00. The molecule has 1 nitrogen and oxygen atoms in total. The van der Waals surface area contributed by atoms with E-state index in [1.54, 1.807) is 0 Å². The van der Waals surface area contributed by atoms with Crippen LogP contribution in [0.3, 0.4) is 0 Å². The van der Waals surface area contributed by atoms with E-state index in [4.69, 9.17) is 4.74 Å². The number of hydrogen-bond donors (Lipinski definition) is 0. The molecule has 1 aliphatic rings. The predicted octanol–water partition coefficient (Wildman–Crippen LogP) is 1.13. The summed E-state index contributed by atoms with van der Waals surface area (Å²) >= 11 is 0. The van der Waals surface area contributed by atoms with Crippen LogP contribution in [-0.4, -0.2) is 19.4 Å². The van der Waals surface area contributed by atoms with Crippen LogP contribution in [0.1, 0.15) is 12.8 Å². The standard InChI is InChI=1S/C5H9FO/c6-4-5-2-1-3-7-5/h5H,1-4H2. The molecule has 7 heavy (non-hydrogen) atoms. The molecular weight excluding hydrogens is 95.1 g/mol. The summed E-state index contributed by atoms with van der Waals surface area (Å²) in [7, 11) is 0. The molecule has 42 valence electrons. The number of halogens is 1. The summed E-state index contributed by atoms with van der Waals surface area (Å²) in [5.41, 5.74) is 0. The molecule has 1 unspecified atom stereocenters. The Morgan fingerprint density at radius 1 is 1.71 bits per heavy atom. The molecule has 1 atom stereocenters. The molecule has 0 saturated carbocycles. The van der Waals surface area contributed by atoms with Gasteiger partial charge in [-0.25, -0.2) is 4.39 Å². The van der Waals surface area contributed by atoms with E-state index in [2.05, 4.69) is 0 Å². The molecule has 0 N–H and O–H groups in total. The van der Waals surface area contributed by atoms with Crippen molar-refractivity contribution < 1.29 is 9.13 Å². The second-order valence-electron chi connectivity index (χ2n) is 1.79. The summed E-state index contributed by atoms with van der Waals surface area (Å²) in [6, 6.07) is 0. The number of alkyl halides is 1. The largest absolute Gasteiger partial charge is 0.376 e. The Kier molecular flexibility index (Phi) is 1.63. The molecule has 0 aromatic heterocycles. The molecule has 0 aromatic rings. The van der Waals surface area contributed by atoms with Gasteiger partial charge in [0.15, 0.2) is 0 Å². The van der Waals surface area contributed by atoms with E-state index < -0.39 is 0 Å². The first kappa shape index (κ1) is 5.04. The van der Waals surface area contributed by atoms with Crippen LogP contribution in [0, 0.1) is 0 Å². The van der Waals surface area contributed by atoms with Crippen molar-refractivity contribution in [1.82, 2.24) is 0 Å². The third-order valence-electron chi connectivity index (χ3n) is 1.20. The average Bonchev–Trinajstić information content (AvgIpc) is 2.14. The van der Waals surface area contributed by atoms with Crippen LogP contribution in [0.25, 0.3) is 0 Å². The van der Waals surface area contributed by atoms with Gasteiger partial charge >= 0.3 is 0 Å². The molecule has 0 aliphatic carbocycles. The van der Waals surface area contributed by atoms with E-state index in [1.165, 1.54) is 0 Å². The van der Waals surface area contributed by atoms with E-state index in [9.17, 15) is 4.39 Å². The van der Waals surface area contributed by atoms with Gasteiger partial charge in [-0.05, 0) is 12.8 Å². The quantitative estimate of drug-likeness (QED) is 0.484. The van der Waals surface area contributed by atoms with Crippen molar-refractivity contribution in [3.8, 4) is 0 Å². The lowest BCUT2D eigenvalue weighted by molar-refractivity contribution is 0.0889. The maximum atomic E-state index is 11.6. The fourth-order valence-corrected chi connectivity index (χ4v) is 0.766. The van der Waals surface area contributed by atoms with Crippen LogP contribution in [0.5, 0.6) is 0 Å². The number of ether oxygens (including phenoxy) is 1. The third kappa shape index (κ3) is 1.13. The minimum Gasteiger partial charge on any atom is -0.376 e. The Morgan fingerprint density at radius 3 is 2.86 bits per heavy atom. The van der Waals surface area contributed by atoms with Crippen LogP contribution in [0.4, 0.5) is 4.39 Å². The molecule has 1 fully saturated rings. The van der Waals surface area contributed by atoms with Crippen LogP contribution < -0.4 is 0 Å². The molecule has 0 spiro atoms. The highest BCUT2D eigenvalue weighted by molar-refractivity contribution is 4.61. The summed E-state index contributed by atoms with van der Waals surface area (Å²) in [6.45, 7) is 0.453. The summed E-state index contributed by atoms with van der Waals surface area (Å²) in [5.74, 6) is 0. The highest BCUT2D eigenvalue weighted by Gasteiger charge is 2.13. The van der Waals surface area contributed by atoms with E-state index in [0.29, 0.717) is 0 Å². The van der Waals surface area contributed by atoms with Gasteiger partial charge in [0, 0.05) is 6.61 Å². The lowest BCUT2D eigenvalue weighted by Crippen LogP contribution is -2.05. The fourth-order valence-electron chi connectivity index (χ4n) is 0.766. The van der Waals surface area contributed by atoms with Gasteiger partial charge in [0.1, 0.15) is 6.67 Å². The smallest absolute Gasteiger partial charge is 0.116 e. The summed E-state index contributed by atoms with van der Waals surface area (Å²) in [5, 5.41) is 0. The third-order valence-corrected chi connectivity index (χ3v) is 1.20. The second kappa shape index (κ2) is 2.26. The van der Waals surface area contributed by atoms with Crippen LogP contribution in [0.15, 0.2) is 0 Å². The van der Waals surface area contributed by atoms with Gasteiger partial charge in [-0.15, -0.1) is 0 Å².